The third kappa shape index (κ3) is 3.06. The molecule has 0 heterocycles. The maximum absolute atomic E-state index is 11.5. The number of nitriles is 1. The fourth-order valence-electron chi connectivity index (χ4n) is 1.90. The number of nitro groups is 1. The number of hydrogen-bond donors (Lipinski definition) is 1. The zero-order valence-electron chi connectivity index (χ0n) is 11.2. The number of methoxy groups -OCH3 is 1. The summed E-state index contributed by atoms with van der Waals surface area (Å²) in [5, 5.41) is 22.8. The minimum atomic E-state index is -0.642. The smallest absolute Gasteiger partial charge is 0.337 e. The highest BCUT2D eigenvalue weighted by atomic mass is 35.5. The van der Waals surface area contributed by atoms with E-state index in [2.05, 4.69) is 16.1 Å². The first kappa shape index (κ1) is 15.1. The van der Waals surface area contributed by atoms with Crippen LogP contribution in [0.25, 0.3) is 0 Å². The zero-order chi connectivity index (χ0) is 15.6. The summed E-state index contributed by atoms with van der Waals surface area (Å²) in [5.74, 6) is -0.642. The van der Waals surface area contributed by atoms with Gasteiger partial charge in [0.1, 0.15) is 10.7 Å². The predicted octanol–water partition coefficient (Wildman–Crippen LogP) is 2.75. The third-order valence-corrected chi connectivity index (χ3v) is 3.66. The number of anilines is 1. The Morgan fingerprint density at radius 2 is 2.29 bits per heavy atom. The molecule has 21 heavy (non-hydrogen) atoms. The third-order valence-electron chi connectivity index (χ3n) is 3.38. The molecule has 0 saturated heterocycles. The fourth-order valence-corrected chi connectivity index (χ4v) is 2.19. The van der Waals surface area contributed by atoms with Crippen molar-refractivity contribution in [2.75, 3.05) is 19.0 Å². The van der Waals surface area contributed by atoms with Gasteiger partial charge in [-0.05, 0) is 25.0 Å². The van der Waals surface area contributed by atoms with E-state index in [1.54, 1.807) is 0 Å². The Hall–Kier alpha value is -2.33. The average molecular weight is 310 g/mol. The van der Waals surface area contributed by atoms with Crippen LogP contribution in [0, 0.1) is 26.9 Å². The summed E-state index contributed by atoms with van der Waals surface area (Å²) in [6, 6.07) is 4.67. The molecule has 1 saturated carbocycles. The van der Waals surface area contributed by atoms with Gasteiger partial charge in [0, 0.05) is 6.54 Å². The molecular weight excluding hydrogens is 298 g/mol. The van der Waals surface area contributed by atoms with Crippen LogP contribution < -0.4 is 5.32 Å². The van der Waals surface area contributed by atoms with Gasteiger partial charge in [-0.1, -0.05) is 11.6 Å². The second-order valence-corrected chi connectivity index (χ2v) is 5.26. The van der Waals surface area contributed by atoms with Crippen LogP contribution in [-0.4, -0.2) is 24.5 Å². The van der Waals surface area contributed by atoms with E-state index in [4.69, 9.17) is 16.9 Å². The van der Waals surface area contributed by atoms with Gasteiger partial charge in [-0.3, -0.25) is 10.1 Å². The van der Waals surface area contributed by atoms with Gasteiger partial charge < -0.3 is 10.1 Å². The summed E-state index contributed by atoms with van der Waals surface area (Å²) >= 11 is 5.88. The van der Waals surface area contributed by atoms with Crippen molar-refractivity contribution in [1.29, 1.82) is 5.26 Å². The standard InChI is InChI=1S/C13H12ClN3O4/c1-21-12(18)8-4-9(14)11(17(19)20)10(5-8)16-7-13(6-15)2-3-13/h4-5,16H,2-3,7H2,1H3. The lowest BCUT2D eigenvalue weighted by molar-refractivity contribution is -0.383. The molecule has 1 fully saturated rings. The van der Waals surface area contributed by atoms with Crippen molar-refractivity contribution in [3.8, 4) is 6.07 Å². The van der Waals surface area contributed by atoms with Crippen LogP contribution >= 0.6 is 11.6 Å². The van der Waals surface area contributed by atoms with Crippen molar-refractivity contribution >= 4 is 28.9 Å². The highest BCUT2D eigenvalue weighted by Crippen LogP contribution is 2.45. The first-order valence-corrected chi connectivity index (χ1v) is 6.51. The van der Waals surface area contributed by atoms with Crippen molar-refractivity contribution in [3.05, 3.63) is 32.8 Å². The van der Waals surface area contributed by atoms with Gasteiger partial charge in [0.15, 0.2) is 0 Å². The number of nitrogens with one attached hydrogen (secondary N) is 1. The second kappa shape index (κ2) is 5.58. The minimum absolute atomic E-state index is 0.106. The summed E-state index contributed by atoms with van der Waals surface area (Å²) in [5.41, 5.74) is -0.591. The topological polar surface area (TPSA) is 105 Å². The molecule has 8 heteroatoms. The maximum Gasteiger partial charge on any atom is 0.337 e. The highest BCUT2D eigenvalue weighted by Gasteiger charge is 2.43. The molecule has 110 valence electrons. The number of rotatable bonds is 5. The van der Waals surface area contributed by atoms with Gasteiger partial charge >= 0.3 is 11.7 Å². The molecule has 0 unspecified atom stereocenters. The number of nitro benzene ring substituents is 1. The van der Waals surface area contributed by atoms with Gasteiger partial charge in [0.25, 0.3) is 0 Å². The quantitative estimate of drug-likeness (QED) is 0.509. The molecular formula is C13H12ClN3O4. The van der Waals surface area contributed by atoms with E-state index in [0.29, 0.717) is 0 Å². The van der Waals surface area contributed by atoms with Crippen LogP contribution in [0.2, 0.25) is 5.02 Å². The molecule has 1 aliphatic carbocycles. The summed E-state index contributed by atoms with van der Waals surface area (Å²) in [6.45, 7) is 0.269. The van der Waals surface area contributed by atoms with Crippen LogP contribution in [0.1, 0.15) is 23.2 Å². The minimum Gasteiger partial charge on any atom is -0.465 e. The SMILES string of the molecule is COC(=O)c1cc(Cl)c([N+](=O)[O-])c(NCC2(C#N)CC2)c1. The summed E-state index contributed by atoms with van der Waals surface area (Å²) < 4.78 is 4.58. The van der Waals surface area contributed by atoms with Crippen molar-refractivity contribution in [1.82, 2.24) is 0 Å². The van der Waals surface area contributed by atoms with Gasteiger partial charge in [0.05, 0.1) is 29.1 Å². The first-order chi connectivity index (χ1) is 9.92. The molecule has 0 atom stereocenters. The molecule has 0 bridgehead atoms. The molecule has 0 amide bonds. The number of benzene rings is 1. The number of halogens is 1. The van der Waals surface area contributed by atoms with Gasteiger partial charge in [0.2, 0.25) is 0 Å². The number of esters is 1. The van der Waals surface area contributed by atoms with Gasteiger partial charge in [-0.2, -0.15) is 5.26 Å². The van der Waals surface area contributed by atoms with Crippen molar-refractivity contribution < 1.29 is 14.5 Å². The number of hydrogen-bond acceptors (Lipinski definition) is 6. The Balaban J connectivity index is 2.35. The lowest BCUT2D eigenvalue weighted by atomic mass is 10.1. The molecule has 1 aromatic rings. The van der Waals surface area contributed by atoms with Crippen LogP contribution in [0.15, 0.2) is 12.1 Å². The molecule has 1 aromatic carbocycles. The van der Waals surface area contributed by atoms with E-state index in [9.17, 15) is 14.9 Å². The van der Waals surface area contributed by atoms with Gasteiger partial charge in [-0.15, -0.1) is 0 Å². The van der Waals surface area contributed by atoms with Crippen LogP contribution in [0.5, 0.6) is 0 Å². The van der Waals surface area contributed by atoms with E-state index in [1.807, 2.05) is 0 Å². The van der Waals surface area contributed by atoms with E-state index in [0.717, 1.165) is 12.8 Å². The Morgan fingerprint density at radius 3 is 2.76 bits per heavy atom. The lowest BCUT2D eigenvalue weighted by Crippen LogP contribution is -2.15. The number of carbonyl (C=O) groups excluding carboxylic acids is 1. The zero-order valence-corrected chi connectivity index (χ0v) is 11.9. The largest absolute Gasteiger partial charge is 0.465 e. The number of nitrogens with zero attached hydrogens (tertiary/aromatic N) is 2. The Morgan fingerprint density at radius 1 is 1.62 bits per heavy atom. The van der Waals surface area contributed by atoms with E-state index in [1.165, 1.54) is 19.2 Å². The van der Waals surface area contributed by atoms with Gasteiger partial charge in [-0.25, -0.2) is 4.79 Å². The number of carbonyl (C=O) groups is 1. The van der Waals surface area contributed by atoms with E-state index < -0.39 is 16.3 Å². The van der Waals surface area contributed by atoms with Crippen molar-refractivity contribution in [2.24, 2.45) is 5.41 Å². The highest BCUT2D eigenvalue weighted by molar-refractivity contribution is 6.33. The van der Waals surface area contributed by atoms with Crippen molar-refractivity contribution in [2.45, 2.75) is 12.8 Å². The molecule has 1 aliphatic rings. The first-order valence-electron chi connectivity index (χ1n) is 6.14. The Labute approximate surface area is 125 Å². The van der Waals surface area contributed by atoms with Crippen LogP contribution in [-0.2, 0) is 4.74 Å². The predicted molar refractivity (Wildman–Crippen MR) is 75.2 cm³/mol. The average Bonchev–Trinajstić information content (AvgIpc) is 3.23. The van der Waals surface area contributed by atoms with Crippen LogP contribution in [0.4, 0.5) is 11.4 Å². The van der Waals surface area contributed by atoms with Crippen LogP contribution in [0.3, 0.4) is 0 Å². The molecule has 0 spiro atoms. The summed E-state index contributed by atoms with van der Waals surface area (Å²) in [7, 11) is 1.21. The molecule has 2 rings (SSSR count). The normalized spacial score (nSPS) is 14.9. The molecule has 1 N–H and O–H groups in total. The fraction of sp³-hybridized carbons (Fsp3) is 0.385. The molecule has 7 nitrogen and oxygen atoms in total. The molecule has 0 radical (unpaired) electrons. The maximum atomic E-state index is 11.5. The Bertz CT molecular complexity index is 650. The summed E-state index contributed by atoms with van der Waals surface area (Å²) in [4.78, 5) is 22.0. The van der Waals surface area contributed by atoms with Crippen molar-refractivity contribution in [3.63, 3.8) is 0 Å². The molecule has 0 aromatic heterocycles. The second-order valence-electron chi connectivity index (χ2n) is 4.85. The van der Waals surface area contributed by atoms with E-state index in [-0.39, 0.29) is 28.5 Å². The Kier molecular flexibility index (Phi) is 4.00. The lowest BCUT2D eigenvalue weighted by Gasteiger charge is -2.12. The number of ether oxygens (including phenoxy) is 1. The van der Waals surface area contributed by atoms with E-state index >= 15 is 0 Å². The monoisotopic (exact) mass is 309 g/mol. The molecule has 0 aliphatic heterocycles. The summed E-state index contributed by atoms with van der Waals surface area (Å²) in [6.07, 6.45) is 1.49.